The van der Waals surface area contributed by atoms with Gasteiger partial charge < -0.3 is 10.4 Å². The van der Waals surface area contributed by atoms with Gasteiger partial charge in [0.15, 0.2) is 0 Å². The van der Waals surface area contributed by atoms with E-state index in [1.165, 1.54) is 0 Å². The van der Waals surface area contributed by atoms with Crippen LogP contribution in [0.5, 0.6) is 0 Å². The molecule has 5 heteroatoms. The molecule has 0 aliphatic heterocycles. The number of para-hydroxylation sites is 1. The molecule has 0 saturated carbocycles. The van der Waals surface area contributed by atoms with Crippen LogP contribution in [-0.4, -0.2) is 33.0 Å². The van der Waals surface area contributed by atoms with Gasteiger partial charge in [-0.3, -0.25) is 0 Å². The van der Waals surface area contributed by atoms with Crippen LogP contribution in [0.3, 0.4) is 0 Å². The molecule has 0 saturated heterocycles. The van der Waals surface area contributed by atoms with E-state index in [2.05, 4.69) is 15.3 Å². The molecular formula is C14H19N3OS. The minimum absolute atomic E-state index is 0.0905. The predicted molar refractivity (Wildman–Crippen MR) is 80.7 cm³/mol. The fourth-order valence-electron chi connectivity index (χ4n) is 1.65. The largest absolute Gasteiger partial charge is 0.392 e. The second-order valence-electron chi connectivity index (χ2n) is 4.46. The topological polar surface area (TPSA) is 58.0 Å². The Kier molecular flexibility index (Phi) is 4.61. The molecule has 102 valence electrons. The summed E-state index contributed by atoms with van der Waals surface area (Å²) in [6.07, 6.45) is -0.374. The summed E-state index contributed by atoms with van der Waals surface area (Å²) in [6.45, 7) is 6.60. The van der Waals surface area contributed by atoms with Gasteiger partial charge in [0, 0.05) is 17.2 Å². The zero-order valence-corrected chi connectivity index (χ0v) is 12.2. The molecule has 1 aromatic carbocycles. The van der Waals surface area contributed by atoms with Gasteiger partial charge in [0.05, 0.1) is 11.6 Å². The van der Waals surface area contributed by atoms with Crippen molar-refractivity contribution in [3.63, 3.8) is 0 Å². The first-order valence-electron chi connectivity index (χ1n) is 6.47. The fraction of sp³-hybridized carbons (Fsp3) is 0.429. The van der Waals surface area contributed by atoms with Crippen molar-refractivity contribution in [2.75, 3.05) is 11.9 Å². The van der Waals surface area contributed by atoms with Crippen molar-refractivity contribution in [3.8, 4) is 0 Å². The fourth-order valence-corrected chi connectivity index (χ4v) is 2.64. The van der Waals surface area contributed by atoms with Crippen molar-refractivity contribution < 1.29 is 5.11 Å². The third-order valence-electron chi connectivity index (χ3n) is 2.88. The van der Waals surface area contributed by atoms with Gasteiger partial charge in [-0.2, -0.15) is 0 Å². The number of aromatic nitrogens is 2. The van der Waals surface area contributed by atoms with Crippen LogP contribution < -0.4 is 5.32 Å². The average molecular weight is 277 g/mol. The summed E-state index contributed by atoms with van der Waals surface area (Å²) in [4.78, 5) is 9.02. The number of hydrogen-bond donors (Lipinski definition) is 2. The van der Waals surface area contributed by atoms with Gasteiger partial charge in [0.1, 0.15) is 5.03 Å². The number of fused-ring (bicyclic) bond motifs is 1. The first-order chi connectivity index (χ1) is 9.11. The van der Waals surface area contributed by atoms with Crippen molar-refractivity contribution in [2.45, 2.75) is 37.2 Å². The second kappa shape index (κ2) is 6.21. The number of anilines is 1. The van der Waals surface area contributed by atoms with Gasteiger partial charge in [0.25, 0.3) is 0 Å². The Labute approximate surface area is 117 Å². The monoisotopic (exact) mass is 277 g/mol. The maximum absolute atomic E-state index is 9.65. The SMILES string of the molecule is CCNc1nc(SC(C)C(C)O)c2ccccc2n1. The molecule has 0 radical (unpaired) electrons. The number of nitrogens with zero attached hydrogens (tertiary/aromatic N) is 2. The maximum Gasteiger partial charge on any atom is 0.224 e. The van der Waals surface area contributed by atoms with E-state index in [0.29, 0.717) is 5.95 Å². The minimum Gasteiger partial charge on any atom is -0.392 e. The Morgan fingerprint density at radius 2 is 2.00 bits per heavy atom. The van der Waals surface area contributed by atoms with Gasteiger partial charge in [-0.15, -0.1) is 0 Å². The molecule has 1 heterocycles. The molecule has 2 atom stereocenters. The zero-order chi connectivity index (χ0) is 13.8. The molecule has 0 aliphatic carbocycles. The Bertz CT molecular complexity index is 559. The Hall–Kier alpha value is -1.33. The van der Waals surface area contributed by atoms with Crippen LogP contribution in [0.25, 0.3) is 10.9 Å². The lowest BCUT2D eigenvalue weighted by atomic mass is 10.2. The van der Waals surface area contributed by atoms with Gasteiger partial charge >= 0.3 is 0 Å². The van der Waals surface area contributed by atoms with Crippen LogP contribution in [0.4, 0.5) is 5.95 Å². The molecule has 2 aromatic rings. The van der Waals surface area contributed by atoms with Crippen LogP contribution in [-0.2, 0) is 0 Å². The highest BCUT2D eigenvalue weighted by Gasteiger charge is 2.15. The standard InChI is InChI=1S/C14H19N3OS/c1-4-15-14-16-12-8-6-5-7-11(12)13(17-14)19-10(3)9(2)18/h5-10,18H,4H2,1-3H3,(H,15,16,17). The number of rotatable bonds is 5. The van der Waals surface area contributed by atoms with E-state index in [1.54, 1.807) is 18.7 Å². The molecule has 0 fully saturated rings. The normalized spacial score (nSPS) is 14.3. The molecular weight excluding hydrogens is 258 g/mol. The molecule has 2 rings (SSSR count). The van der Waals surface area contributed by atoms with Gasteiger partial charge in [-0.1, -0.05) is 36.9 Å². The van der Waals surface area contributed by atoms with Crippen LogP contribution in [0.2, 0.25) is 0 Å². The molecule has 1 aromatic heterocycles. The van der Waals surface area contributed by atoms with Crippen LogP contribution in [0.15, 0.2) is 29.3 Å². The summed E-state index contributed by atoms with van der Waals surface area (Å²) in [5, 5.41) is 14.8. The average Bonchev–Trinajstić information content (AvgIpc) is 2.39. The van der Waals surface area contributed by atoms with Crippen molar-refractivity contribution in [1.29, 1.82) is 0 Å². The van der Waals surface area contributed by atoms with E-state index < -0.39 is 0 Å². The third kappa shape index (κ3) is 3.36. The Morgan fingerprint density at radius 3 is 2.68 bits per heavy atom. The van der Waals surface area contributed by atoms with Crippen LogP contribution >= 0.6 is 11.8 Å². The van der Waals surface area contributed by atoms with Crippen molar-refractivity contribution in [2.24, 2.45) is 0 Å². The van der Waals surface area contributed by atoms with Gasteiger partial charge in [0.2, 0.25) is 5.95 Å². The molecule has 0 aliphatic rings. The summed E-state index contributed by atoms with van der Waals surface area (Å²) in [6, 6.07) is 7.95. The third-order valence-corrected chi connectivity index (χ3v) is 4.18. The lowest BCUT2D eigenvalue weighted by Gasteiger charge is -2.15. The molecule has 2 unspecified atom stereocenters. The zero-order valence-electron chi connectivity index (χ0n) is 11.4. The lowest BCUT2D eigenvalue weighted by Crippen LogP contribution is -2.15. The van der Waals surface area contributed by atoms with Gasteiger partial charge in [-0.25, -0.2) is 9.97 Å². The summed E-state index contributed by atoms with van der Waals surface area (Å²) in [5.41, 5.74) is 0.925. The number of hydrogen-bond acceptors (Lipinski definition) is 5. The quantitative estimate of drug-likeness (QED) is 0.650. The molecule has 19 heavy (non-hydrogen) atoms. The van der Waals surface area contributed by atoms with Crippen LogP contribution in [0, 0.1) is 0 Å². The van der Waals surface area contributed by atoms with E-state index in [0.717, 1.165) is 22.5 Å². The number of nitrogens with one attached hydrogen (secondary N) is 1. The predicted octanol–water partition coefficient (Wildman–Crippen LogP) is 2.92. The summed E-state index contributed by atoms with van der Waals surface area (Å²) in [7, 11) is 0. The van der Waals surface area contributed by atoms with E-state index >= 15 is 0 Å². The second-order valence-corrected chi connectivity index (χ2v) is 5.83. The first kappa shape index (κ1) is 14.1. The number of aliphatic hydroxyl groups excluding tert-OH is 1. The maximum atomic E-state index is 9.65. The highest BCUT2D eigenvalue weighted by Crippen LogP contribution is 2.30. The van der Waals surface area contributed by atoms with E-state index in [9.17, 15) is 5.11 Å². The number of benzene rings is 1. The van der Waals surface area contributed by atoms with E-state index in [4.69, 9.17) is 0 Å². The van der Waals surface area contributed by atoms with Crippen molar-refractivity contribution >= 4 is 28.6 Å². The Morgan fingerprint density at radius 1 is 1.26 bits per heavy atom. The van der Waals surface area contributed by atoms with Crippen LogP contribution in [0.1, 0.15) is 20.8 Å². The molecule has 0 bridgehead atoms. The number of thioether (sulfide) groups is 1. The van der Waals surface area contributed by atoms with Gasteiger partial charge in [-0.05, 0) is 19.9 Å². The summed E-state index contributed by atoms with van der Waals surface area (Å²) < 4.78 is 0. The Balaban J connectivity index is 2.44. The molecule has 4 nitrogen and oxygen atoms in total. The number of aliphatic hydroxyl groups is 1. The smallest absolute Gasteiger partial charge is 0.224 e. The molecule has 2 N–H and O–H groups in total. The van der Waals surface area contributed by atoms with Crippen molar-refractivity contribution in [1.82, 2.24) is 9.97 Å². The van der Waals surface area contributed by atoms with Crippen molar-refractivity contribution in [3.05, 3.63) is 24.3 Å². The van der Waals surface area contributed by atoms with E-state index in [1.807, 2.05) is 38.1 Å². The van der Waals surface area contributed by atoms with E-state index in [-0.39, 0.29) is 11.4 Å². The minimum atomic E-state index is -0.374. The highest BCUT2D eigenvalue weighted by atomic mass is 32.2. The summed E-state index contributed by atoms with van der Waals surface area (Å²) >= 11 is 1.58. The molecule has 0 spiro atoms. The highest BCUT2D eigenvalue weighted by molar-refractivity contribution is 8.00. The summed E-state index contributed by atoms with van der Waals surface area (Å²) in [5.74, 6) is 0.640. The molecule has 0 amide bonds. The lowest BCUT2D eigenvalue weighted by molar-refractivity contribution is 0.196. The first-order valence-corrected chi connectivity index (χ1v) is 7.35.